The molecule has 0 radical (unpaired) electrons. The van der Waals surface area contributed by atoms with Crippen molar-refractivity contribution in [1.29, 1.82) is 0 Å². The minimum absolute atomic E-state index is 0.175. The predicted octanol–water partition coefficient (Wildman–Crippen LogP) is 3.02. The van der Waals surface area contributed by atoms with Crippen LogP contribution in [0.25, 0.3) is 5.69 Å². The van der Waals surface area contributed by atoms with Crippen molar-refractivity contribution < 1.29 is 0 Å². The summed E-state index contributed by atoms with van der Waals surface area (Å²) in [5, 5.41) is 13.1. The van der Waals surface area contributed by atoms with Crippen molar-refractivity contribution in [3.63, 3.8) is 0 Å². The molecule has 0 aliphatic heterocycles. The Kier molecular flexibility index (Phi) is 3.95. The van der Waals surface area contributed by atoms with E-state index in [1.54, 1.807) is 10.9 Å². The van der Waals surface area contributed by atoms with Crippen molar-refractivity contribution in [2.24, 2.45) is 0 Å². The summed E-state index contributed by atoms with van der Waals surface area (Å²) < 4.78 is 2.36. The Morgan fingerprint density at radius 2 is 2.00 bits per heavy atom. The average Bonchev–Trinajstić information content (AvgIpc) is 2.92. The van der Waals surface area contributed by atoms with E-state index in [9.17, 15) is 0 Å². The van der Waals surface area contributed by atoms with Gasteiger partial charge in [-0.05, 0) is 61.9 Å². The highest BCUT2D eigenvalue weighted by Crippen LogP contribution is 2.31. The Balaban J connectivity index is 1.97. The van der Waals surface area contributed by atoms with Crippen LogP contribution in [0.2, 0.25) is 5.28 Å². The van der Waals surface area contributed by atoms with Crippen molar-refractivity contribution in [2.45, 2.75) is 10.2 Å². The van der Waals surface area contributed by atoms with Crippen LogP contribution in [0.5, 0.6) is 0 Å². The molecule has 6 nitrogen and oxygen atoms in total. The minimum Gasteiger partial charge on any atom is -0.225 e. The lowest BCUT2D eigenvalue weighted by Gasteiger charge is -2.04. The number of tetrazole rings is 1. The molecule has 0 bridgehead atoms. The van der Waals surface area contributed by atoms with E-state index in [1.807, 2.05) is 30.3 Å². The number of halogens is 2. The molecular formula is C11H6BrClN6S. The van der Waals surface area contributed by atoms with Gasteiger partial charge in [0.1, 0.15) is 5.03 Å². The predicted molar refractivity (Wildman–Crippen MR) is 78.0 cm³/mol. The van der Waals surface area contributed by atoms with Crippen LogP contribution in [0, 0.1) is 0 Å². The molecule has 0 spiro atoms. The monoisotopic (exact) mass is 368 g/mol. The highest BCUT2D eigenvalue weighted by Gasteiger charge is 2.13. The van der Waals surface area contributed by atoms with Crippen LogP contribution in [-0.2, 0) is 0 Å². The third-order valence-electron chi connectivity index (χ3n) is 2.31. The molecule has 0 saturated heterocycles. The first kappa shape index (κ1) is 13.5. The molecule has 20 heavy (non-hydrogen) atoms. The van der Waals surface area contributed by atoms with Gasteiger partial charge in [0, 0.05) is 6.20 Å². The van der Waals surface area contributed by atoms with E-state index in [-0.39, 0.29) is 5.28 Å². The van der Waals surface area contributed by atoms with Crippen molar-refractivity contribution in [1.82, 2.24) is 30.2 Å². The third kappa shape index (κ3) is 2.82. The number of rotatable bonds is 3. The maximum Gasteiger partial charge on any atom is 0.223 e. The molecule has 0 aliphatic rings. The van der Waals surface area contributed by atoms with Gasteiger partial charge in [-0.3, -0.25) is 0 Å². The molecule has 0 amide bonds. The fourth-order valence-corrected chi connectivity index (χ4v) is 2.84. The lowest BCUT2D eigenvalue weighted by molar-refractivity contribution is 0.755. The van der Waals surface area contributed by atoms with Crippen LogP contribution in [0.15, 0.2) is 51.2 Å². The number of benzene rings is 1. The Morgan fingerprint density at radius 3 is 2.80 bits per heavy atom. The van der Waals surface area contributed by atoms with E-state index in [0.29, 0.717) is 10.2 Å². The van der Waals surface area contributed by atoms with E-state index in [0.717, 1.165) is 10.2 Å². The summed E-state index contributed by atoms with van der Waals surface area (Å²) in [4.78, 5) is 8.03. The van der Waals surface area contributed by atoms with Gasteiger partial charge in [0.15, 0.2) is 0 Å². The summed E-state index contributed by atoms with van der Waals surface area (Å²) >= 11 is 10.5. The smallest absolute Gasteiger partial charge is 0.223 e. The molecule has 0 fully saturated rings. The summed E-state index contributed by atoms with van der Waals surface area (Å²) in [7, 11) is 0. The number of aromatic nitrogens is 6. The minimum atomic E-state index is 0.175. The van der Waals surface area contributed by atoms with E-state index >= 15 is 0 Å². The topological polar surface area (TPSA) is 69.4 Å². The maximum atomic E-state index is 5.80. The summed E-state index contributed by atoms with van der Waals surface area (Å²) in [5.41, 5.74) is 0.872. The molecular weight excluding hydrogens is 364 g/mol. The molecule has 1 aromatic carbocycles. The molecule has 100 valence electrons. The van der Waals surface area contributed by atoms with Gasteiger partial charge in [-0.2, -0.15) is 4.68 Å². The van der Waals surface area contributed by atoms with Crippen LogP contribution >= 0.6 is 39.3 Å². The van der Waals surface area contributed by atoms with E-state index in [4.69, 9.17) is 11.6 Å². The second-order valence-electron chi connectivity index (χ2n) is 3.60. The quantitative estimate of drug-likeness (QED) is 0.522. The number of para-hydroxylation sites is 1. The van der Waals surface area contributed by atoms with Crippen molar-refractivity contribution in [3.05, 3.63) is 46.3 Å². The zero-order valence-electron chi connectivity index (χ0n) is 9.81. The SMILES string of the molecule is Clc1ncc(Br)c(Sc2nnnn2-c2ccccc2)n1. The summed E-state index contributed by atoms with van der Waals surface area (Å²) in [6.45, 7) is 0. The second kappa shape index (κ2) is 5.86. The van der Waals surface area contributed by atoms with Gasteiger partial charge in [0.25, 0.3) is 0 Å². The highest BCUT2D eigenvalue weighted by molar-refractivity contribution is 9.10. The number of hydrogen-bond donors (Lipinski definition) is 0. The standard InChI is InChI=1S/C11H6BrClN6S/c12-8-6-14-10(13)15-9(8)20-11-16-17-18-19(11)7-4-2-1-3-5-7/h1-6H. The van der Waals surface area contributed by atoms with Crippen LogP contribution in [0.3, 0.4) is 0 Å². The van der Waals surface area contributed by atoms with Gasteiger partial charge in [0.2, 0.25) is 10.4 Å². The van der Waals surface area contributed by atoms with Crippen LogP contribution in [0.4, 0.5) is 0 Å². The molecule has 2 aromatic heterocycles. The Hall–Kier alpha value is -1.51. The zero-order valence-corrected chi connectivity index (χ0v) is 13.0. The van der Waals surface area contributed by atoms with Gasteiger partial charge in [-0.1, -0.05) is 18.2 Å². The lowest BCUT2D eigenvalue weighted by Crippen LogP contribution is -1.99. The largest absolute Gasteiger partial charge is 0.225 e. The van der Waals surface area contributed by atoms with Crippen molar-refractivity contribution >= 4 is 39.3 Å². The van der Waals surface area contributed by atoms with Gasteiger partial charge in [-0.15, -0.1) is 5.10 Å². The lowest BCUT2D eigenvalue weighted by atomic mass is 10.3. The molecule has 0 N–H and O–H groups in total. The van der Waals surface area contributed by atoms with Crippen LogP contribution in [0.1, 0.15) is 0 Å². The Labute approximate surface area is 131 Å². The zero-order chi connectivity index (χ0) is 13.9. The van der Waals surface area contributed by atoms with Gasteiger partial charge in [0.05, 0.1) is 10.2 Å². The molecule has 0 saturated carbocycles. The average molecular weight is 370 g/mol. The first-order chi connectivity index (χ1) is 9.74. The van der Waals surface area contributed by atoms with Crippen molar-refractivity contribution in [3.8, 4) is 5.69 Å². The van der Waals surface area contributed by atoms with Gasteiger partial charge < -0.3 is 0 Å². The maximum absolute atomic E-state index is 5.80. The fraction of sp³-hybridized carbons (Fsp3) is 0. The first-order valence-corrected chi connectivity index (χ1v) is 7.42. The summed E-state index contributed by atoms with van der Waals surface area (Å²) in [6.07, 6.45) is 1.59. The molecule has 0 atom stereocenters. The van der Waals surface area contributed by atoms with Crippen molar-refractivity contribution in [2.75, 3.05) is 0 Å². The van der Waals surface area contributed by atoms with E-state index in [2.05, 4.69) is 41.4 Å². The first-order valence-electron chi connectivity index (χ1n) is 5.44. The Bertz CT molecular complexity index is 735. The molecule has 9 heteroatoms. The van der Waals surface area contributed by atoms with Gasteiger partial charge in [-0.25, -0.2) is 9.97 Å². The molecule has 3 aromatic rings. The normalized spacial score (nSPS) is 10.7. The van der Waals surface area contributed by atoms with E-state index < -0.39 is 0 Å². The molecule has 0 unspecified atom stereocenters. The summed E-state index contributed by atoms with van der Waals surface area (Å²) in [5.74, 6) is 0. The second-order valence-corrected chi connectivity index (χ2v) is 5.75. The van der Waals surface area contributed by atoms with Gasteiger partial charge >= 0.3 is 0 Å². The fourth-order valence-electron chi connectivity index (χ4n) is 1.46. The Morgan fingerprint density at radius 1 is 1.20 bits per heavy atom. The molecule has 0 aliphatic carbocycles. The molecule has 3 rings (SSSR count). The summed E-state index contributed by atoms with van der Waals surface area (Å²) in [6, 6.07) is 9.61. The highest BCUT2D eigenvalue weighted by atomic mass is 79.9. The van der Waals surface area contributed by atoms with Crippen LogP contribution < -0.4 is 0 Å². The van der Waals surface area contributed by atoms with Crippen LogP contribution in [-0.4, -0.2) is 30.2 Å². The third-order valence-corrected chi connectivity index (χ3v) is 4.28. The number of nitrogens with zero attached hydrogens (tertiary/aromatic N) is 6. The molecule has 2 heterocycles. The number of hydrogen-bond acceptors (Lipinski definition) is 6. The van der Waals surface area contributed by atoms with E-state index in [1.165, 1.54) is 11.8 Å².